The number of carboxylic acids is 7. The van der Waals surface area contributed by atoms with Crippen molar-refractivity contribution in [3.8, 4) is 5.75 Å². The van der Waals surface area contributed by atoms with E-state index in [1.807, 2.05) is 24.3 Å². The van der Waals surface area contributed by atoms with Gasteiger partial charge in [-0.1, -0.05) is 178 Å². The molecule has 0 aliphatic heterocycles. The molecule has 0 aromatic heterocycles. The van der Waals surface area contributed by atoms with Gasteiger partial charge in [0.2, 0.25) is 0 Å². The van der Waals surface area contributed by atoms with E-state index in [4.69, 9.17) is 33.5 Å². The molecule has 0 aliphatic rings. The van der Waals surface area contributed by atoms with Crippen molar-refractivity contribution in [2.24, 2.45) is 0 Å². The van der Waals surface area contributed by atoms with E-state index in [2.05, 4.69) is 319 Å². The molecule has 7 aromatic carbocycles. The molecule has 0 spiro atoms. The highest BCUT2D eigenvalue weighted by molar-refractivity contribution is 9.15. The van der Waals surface area contributed by atoms with Crippen molar-refractivity contribution in [3.63, 3.8) is 0 Å². The van der Waals surface area contributed by atoms with Gasteiger partial charge in [0.1, 0.15) is 0 Å². The van der Waals surface area contributed by atoms with Gasteiger partial charge in [0.15, 0.2) is 0 Å². The van der Waals surface area contributed by atoms with Gasteiger partial charge in [0.25, 0.3) is 0 Å². The zero-order valence-corrected chi connectivity index (χ0v) is 93.6. The number of aliphatic carboxylic acids is 6. The molecule has 0 aliphatic carbocycles. The van der Waals surface area contributed by atoms with Crippen LogP contribution < -0.4 is 35.7 Å². The number of hydrogen-bond donors (Lipinski definition) is 1. The lowest BCUT2D eigenvalue weighted by molar-refractivity contribution is -0.310. The summed E-state index contributed by atoms with van der Waals surface area (Å²) in [7, 11) is 0. The fraction of sp³-hybridized carbons (Fsp3) is 0.289. The normalized spacial score (nSPS) is 10.2. The topological polar surface area (TPSA) is 442 Å². The highest BCUT2D eigenvalue weighted by Gasteiger charge is 2.21. The van der Waals surface area contributed by atoms with Gasteiger partial charge >= 0.3 is 35.8 Å². The van der Waals surface area contributed by atoms with Gasteiger partial charge in [0, 0.05) is 131 Å². The lowest BCUT2D eigenvalue weighted by Gasteiger charge is -2.11. The van der Waals surface area contributed by atoms with Crippen LogP contribution in [0.15, 0.2) is 174 Å². The summed E-state index contributed by atoms with van der Waals surface area (Å²) in [5.41, 5.74) is 2.90. The van der Waals surface area contributed by atoms with Crippen molar-refractivity contribution in [2.45, 2.75) is 103 Å². The highest BCUT2D eigenvalue weighted by Crippen LogP contribution is 2.38. The number of carbonyl (C=O) groups excluding carboxylic acids is 11. The second-order valence-electron chi connectivity index (χ2n) is 23.4. The molecule has 7 aromatic rings. The number of hydrogen-bond acceptors (Lipinski definition) is 25. The number of rotatable bonds is 35. The van der Waals surface area contributed by atoms with Crippen LogP contribution in [-0.2, 0) is 63.8 Å². The Morgan fingerprint density at radius 2 is 0.492 bits per heavy atom. The van der Waals surface area contributed by atoms with E-state index in [9.17, 15) is 93.3 Å². The maximum absolute atomic E-state index is 12.0. The highest BCUT2D eigenvalue weighted by atomic mass is 79.9. The molecule has 0 saturated carbocycles. The number of carboxylic acid groups (broad SMARTS) is 7. The summed E-state index contributed by atoms with van der Waals surface area (Å²) in [6.07, 6.45) is 5.58. The van der Waals surface area contributed by atoms with Crippen LogP contribution in [0.2, 0.25) is 0 Å². The maximum Gasteiger partial charge on any atom is 0.339 e. The fourth-order valence-electron chi connectivity index (χ4n) is 8.29. The van der Waals surface area contributed by atoms with E-state index >= 15 is 0 Å². The lowest BCUT2D eigenvalue weighted by atomic mass is 10.1. The third-order valence-electron chi connectivity index (χ3n) is 14.0. The molecule has 122 heavy (non-hydrogen) atoms. The summed E-state index contributed by atoms with van der Waals surface area (Å²) in [6, 6.07) is 23.5. The van der Waals surface area contributed by atoms with Gasteiger partial charge in [-0.05, 0) is 321 Å². The minimum atomic E-state index is -1.26. The molecule has 0 heterocycles. The summed E-state index contributed by atoms with van der Waals surface area (Å²) in [4.78, 5) is 131. The van der Waals surface area contributed by atoms with Crippen LogP contribution in [0.3, 0.4) is 0 Å². The van der Waals surface area contributed by atoms with Crippen LogP contribution >= 0.6 is 319 Å². The van der Waals surface area contributed by atoms with Gasteiger partial charge in [-0.3, -0.25) is 0 Å². The Balaban J connectivity index is 0.000000715. The van der Waals surface area contributed by atoms with E-state index in [1.165, 1.54) is 12.1 Å². The predicted octanol–water partition coefficient (Wildman–Crippen LogP) is 19.5. The number of esters is 5. The largest absolute Gasteiger partial charge is 0.871 e. The Labute approximate surface area is 867 Å². The Hall–Kier alpha value is -2.46. The summed E-state index contributed by atoms with van der Waals surface area (Å²) in [5, 5.41) is 80.8. The molecule has 0 fully saturated rings. The molecule has 0 saturated heterocycles. The number of benzene rings is 7. The average Bonchev–Trinajstić information content (AvgIpc) is 0.859. The first-order valence-electron chi connectivity index (χ1n) is 34.0. The van der Waals surface area contributed by atoms with Crippen molar-refractivity contribution >= 4 is 390 Å². The summed E-state index contributed by atoms with van der Waals surface area (Å²) >= 11 is 65.5. The van der Waals surface area contributed by atoms with E-state index in [0.29, 0.717) is 111 Å². The van der Waals surface area contributed by atoms with Crippen molar-refractivity contribution in [1.29, 1.82) is 0 Å². The zero-order valence-electron chi connectivity index (χ0n) is 61.9. The number of unbranched alkanes of at least 4 members (excludes halogenated alkanes) is 6. The van der Waals surface area contributed by atoms with E-state index in [1.54, 1.807) is 48.5 Å². The van der Waals surface area contributed by atoms with Gasteiger partial charge in [-0.2, -0.15) is 0 Å². The molecule has 1 N–H and O–H groups in total. The third-order valence-corrected chi connectivity index (χ3v) is 29.4. The molecule has 46 heteroatoms. The SMILES string of the molecule is O=C(O)c1cc(Br)c([O-])c(Br)c1.O=C([O-])CCCCCCOC(=O)c1cc(Br)cc(Br)c1Br.O=C([O-])CCCCCOC(=O)c1cc(Br)cc(Br)c1Br.O=C([O-])CCCCOC(=O)c1cc(Br)cc(Br)c1Br.O=C([O-])CCCOC(=O)c1cc(Br)cc(Br)c1Br.O=C([O-])CCOC(=O)c1cc(Br)cc(Br)c1Br.O=C([O-])COCc1c(Br)cc(Br)cc1Br. The van der Waals surface area contributed by atoms with E-state index in [-0.39, 0.29) is 91.8 Å². The van der Waals surface area contributed by atoms with Gasteiger partial charge in [-0.25, -0.2) is 28.8 Å². The van der Waals surface area contributed by atoms with Crippen molar-refractivity contribution in [1.82, 2.24) is 0 Å². The second-order valence-corrected chi connectivity index (χ2v) is 40.5. The predicted molar refractivity (Wildman–Crippen MR) is 506 cm³/mol. The van der Waals surface area contributed by atoms with Crippen LogP contribution in [0.4, 0.5) is 0 Å². The average molecular weight is 2990 g/mol. The maximum atomic E-state index is 12.0. The Kier molecular flexibility index (Phi) is 62.0. The number of aromatic carboxylic acids is 1. The molecule has 0 unspecified atom stereocenters. The first kappa shape index (κ1) is 118. The first-order chi connectivity index (χ1) is 57.1. The molecule has 26 nitrogen and oxygen atoms in total. The van der Waals surface area contributed by atoms with Crippen LogP contribution in [0.25, 0.3) is 0 Å². The van der Waals surface area contributed by atoms with Crippen LogP contribution in [-0.4, -0.2) is 116 Å². The minimum Gasteiger partial charge on any atom is -0.871 e. The molecular weight excluding hydrogens is 2930 g/mol. The molecular formula is C76H59Br20O26-7. The second kappa shape index (κ2) is 64.3. The summed E-state index contributed by atoms with van der Waals surface area (Å²) in [6.45, 7) is 0.407. The Morgan fingerprint density at radius 1 is 0.262 bits per heavy atom. The van der Waals surface area contributed by atoms with Crippen LogP contribution in [0.1, 0.15) is 164 Å². The zero-order chi connectivity index (χ0) is 92.8. The third kappa shape index (κ3) is 49.5. The molecule has 0 amide bonds. The number of ether oxygens (including phenoxy) is 6. The van der Waals surface area contributed by atoms with Gasteiger partial charge in [-0.15, -0.1) is 0 Å². The van der Waals surface area contributed by atoms with E-state index in [0.717, 1.165) is 67.6 Å². The minimum absolute atomic E-state index is 0.0241. The van der Waals surface area contributed by atoms with Crippen molar-refractivity contribution in [2.75, 3.05) is 39.6 Å². The molecule has 7 rings (SSSR count). The monoisotopic (exact) mass is 2970 g/mol. The summed E-state index contributed by atoms with van der Waals surface area (Å²) in [5.74, 6) is -10.5. The molecule has 0 atom stereocenters. The molecule has 0 bridgehead atoms. The van der Waals surface area contributed by atoms with Gasteiger partial charge in [0.05, 0.1) is 85.6 Å². The van der Waals surface area contributed by atoms with Crippen molar-refractivity contribution in [3.05, 3.63) is 213 Å². The fourth-order valence-corrected chi connectivity index (χ4v) is 20.0. The van der Waals surface area contributed by atoms with Crippen LogP contribution in [0.5, 0.6) is 5.75 Å². The standard InChI is InChI=1S/C14H15Br3O4.C13H13Br3O4.C12H11Br3O4.C11H9Br3O4.C10H7Br3O4.C9H7Br3O3.C7H4Br2O3/c15-9-7-10(13(17)11(16)8-9)14(20)21-6-4-2-1-3-5-12(18)19;14-8-6-9(12(16)10(15)7-8)13(19)20-5-3-1-2-4-11(17)18;13-7-5-8(11(15)9(14)6-7)12(18)19-4-2-1-3-10(16)17;12-6-4-7(10(14)8(13)5-6)11(17)18-3-1-2-9(15)16;11-5-3-6(9(13)7(12)4-5)10(16)17-2-1-8(14)15;10-5-1-7(11)6(8(12)2-5)3-15-4-9(13)14;8-4-1-3(7(11)12)2-5(9)6(4)10/h7-8H,1-6H2,(H,18,19);6-7H,1-5H2,(H,17,18);5-6H,1-4H2,(H,16,17);4-5H,1-3H2,(H,15,16);3-4H,1-2H2,(H,14,15);1-2H,3-4H2,(H,13,14);1-2,10H,(H,11,12)/p-7. The molecule has 0 radical (unpaired) electrons. The number of halogens is 20. The lowest BCUT2D eigenvalue weighted by Crippen LogP contribution is -2.27. The first-order valence-corrected chi connectivity index (χ1v) is 49.8. The smallest absolute Gasteiger partial charge is 0.339 e. The molecule has 666 valence electrons. The summed E-state index contributed by atoms with van der Waals surface area (Å²) < 4.78 is 43.8. The van der Waals surface area contributed by atoms with Crippen LogP contribution in [0, 0.1) is 0 Å². The number of carbonyl (C=O) groups is 12. The Bertz CT molecular complexity index is 4760. The van der Waals surface area contributed by atoms with E-state index < -0.39 is 78.2 Å². The van der Waals surface area contributed by atoms with Gasteiger partial charge < -0.3 is 98.0 Å². The quantitative estimate of drug-likeness (QED) is 0.0167. The Morgan fingerprint density at radius 3 is 0.770 bits per heavy atom. The van der Waals surface area contributed by atoms with Crippen molar-refractivity contribution < 1.29 is 127 Å².